The van der Waals surface area contributed by atoms with Gasteiger partial charge in [0.1, 0.15) is 19.3 Å². The molecule has 0 heterocycles. The number of allylic oxidation sites excluding steroid dienone is 8. The van der Waals surface area contributed by atoms with Crippen molar-refractivity contribution in [3.8, 4) is 0 Å². The van der Waals surface area contributed by atoms with Crippen LogP contribution in [0.1, 0.15) is 311 Å². The van der Waals surface area contributed by atoms with Gasteiger partial charge in [0.05, 0.1) is 26.4 Å². The van der Waals surface area contributed by atoms with E-state index >= 15 is 0 Å². The second-order valence-corrected chi connectivity index (χ2v) is 28.1. The topological polar surface area (TPSA) is 237 Å². The Labute approximate surface area is 547 Å². The van der Waals surface area contributed by atoms with E-state index in [1.165, 1.54) is 89.9 Å². The summed E-state index contributed by atoms with van der Waals surface area (Å²) in [5.41, 5.74) is 0. The molecular formula is C71H130O17P2. The van der Waals surface area contributed by atoms with Crippen LogP contribution in [0.25, 0.3) is 0 Å². The largest absolute Gasteiger partial charge is 0.472 e. The van der Waals surface area contributed by atoms with E-state index in [9.17, 15) is 43.2 Å². The van der Waals surface area contributed by atoms with Gasteiger partial charge in [0.15, 0.2) is 12.2 Å². The minimum Gasteiger partial charge on any atom is -0.462 e. The second kappa shape index (κ2) is 62.2. The number of aliphatic hydroxyl groups is 1. The molecule has 0 bridgehead atoms. The highest BCUT2D eigenvalue weighted by Crippen LogP contribution is 2.45. The van der Waals surface area contributed by atoms with E-state index in [1.54, 1.807) is 0 Å². The van der Waals surface area contributed by atoms with Gasteiger partial charge in [0.25, 0.3) is 0 Å². The Balaban J connectivity index is 5.32. The van der Waals surface area contributed by atoms with Crippen LogP contribution in [0.5, 0.6) is 0 Å². The van der Waals surface area contributed by atoms with Crippen LogP contribution in [0.15, 0.2) is 48.6 Å². The fraction of sp³-hybridized carbons (Fsp3) is 0.831. The standard InChI is InChI=1S/C71H130O17P2/c1-7-9-11-13-15-17-19-21-23-25-27-29-34-41-47-53-68(73)81-59-66(87-70(75)55-49-43-35-30-28-26-24-22-20-18-16-14-12-10-8-2)61-85-89(77,78)83-57-65(72)58-84-90(79,80)86-62-67(60-82-69(74)54-48-42-38-37-40-46-52-64(5)6)88-71(76)56-50-44-36-32-31-33-39-45-51-63(3)4/h17-24,63-67,72H,7-16,25-62H2,1-6H3,(H,77,78)(H,79,80)/b19-17-,20-18-,23-21-,24-22-/t65-,66-,67-/m1/s1. The van der Waals surface area contributed by atoms with Crippen LogP contribution in [0.2, 0.25) is 0 Å². The van der Waals surface area contributed by atoms with Crippen molar-refractivity contribution in [1.29, 1.82) is 0 Å². The summed E-state index contributed by atoms with van der Waals surface area (Å²) in [6.07, 6.45) is 53.2. The van der Waals surface area contributed by atoms with Gasteiger partial charge in [-0.05, 0) is 88.9 Å². The Bertz CT molecular complexity index is 1940. The third-order valence-electron chi connectivity index (χ3n) is 15.2. The first-order valence-corrected chi connectivity index (χ1v) is 38.6. The van der Waals surface area contributed by atoms with Crippen molar-refractivity contribution >= 4 is 39.5 Å². The minimum absolute atomic E-state index is 0.0777. The molecule has 0 aromatic rings. The van der Waals surface area contributed by atoms with Crippen molar-refractivity contribution in [2.45, 2.75) is 330 Å². The zero-order valence-corrected chi connectivity index (χ0v) is 59.2. The quantitative estimate of drug-likeness (QED) is 0.0169. The van der Waals surface area contributed by atoms with E-state index in [2.05, 4.69) is 90.2 Å². The van der Waals surface area contributed by atoms with Crippen LogP contribution in [0.4, 0.5) is 0 Å². The third-order valence-corrected chi connectivity index (χ3v) is 17.1. The molecule has 90 heavy (non-hydrogen) atoms. The molecule has 0 saturated heterocycles. The van der Waals surface area contributed by atoms with Crippen molar-refractivity contribution in [3.05, 3.63) is 48.6 Å². The van der Waals surface area contributed by atoms with Crippen LogP contribution in [-0.4, -0.2) is 96.7 Å². The summed E-state index contributed by atoms with van der Waals surface area (Å²) in [6.45, 7) is 9.28. The first kappa shape index (κ1) is 87.0. The van der Waals surface area contributed by atoms with E-state index in [1.807, 2.05) is 0 Å². The molecule has 0 aliphatic heterocycles. The minimum atomic E-state index is -4.97. The van der Waals surface area contributed by atoms with Gasteiger partial charge in [-0.3, -0.25) is 37.3 Å². The van der Waals surface area contributed by atoms with E-state index in [0.717, 1.165) is 128 Å². The van der Waals surface area contributed by atoms with Gasteiger partial charge >= 0.3 is 39.5 Å². The van der Waals surface area contributed by atoms with E-state index < -0.39 is 97.5 Å². The Kier molecular flexibility index (Phi) is 60.1. The number of rotatable bonds is 66. The highest BCUT2D eigenvalue weighted by Gasteiger charge is 2.30. The maximum absolute atomic E-state index is 13.0. The number of carbonyl (C=O) groups is 4. The van der Waals surface area contributed by atoms with Crippen molar-refractivity contribution < 1.29 is 80.2 Å². The molecule has 0 spiro atoms. The maximum atomic E-state index is 13.0. The van der Waals surface area contributed by atoms with E-state index in [4.69, 9.17) is 37.0 Å². The van der Waals surface area contributed by atoms with Gasteiger partial charge in [-0.1, -0.05) is 257 Å². The molecular weight excluding hydrogens is 1190 g/mol. The molecule has 0 amide bonds. The lowest BCUT2D eigenvalue weighted by Crippen LogP contribution is -2.30. The molecule has 0 aliphatic rings. The molecule has 19 heteroatoms. The van der Waals surface area contributed by atoms with Crippen LogP contribution in [-0.2, 0) is 65.4 Å². The summed E-state index contributed by atoms with van der Waals surface area (Å²) in [5, 5.41) is 10.6. The van der Waals surface area contributed by atoms with Crippen LogP contribution in [0.3, 0.4) is 0 Å². The van der Waals surface area contributed by atoms with E-state index in [-0.39, 0.29) is 25.7 Å². The van der Waals surface area contributed by atoms with Crippen LogP contribution < -0.4 is 0 Å². The lowest BCUT2D eigenvalue weighted by atomic mass is 10.0. The van der Waals surface area contributed by atoms with E-state index in [0.29, 0.717) is 37.5 Å². The Morgan fingerprint density at radius 2 is 0.600 bits per heavy atom. The molecule has 0 rings (SSSR count). The summed E-state index contributed by atoms with van der Waals surface area (Å²) in [5.74, 6) is -0.798. The SMILES string of the molecule is CCCCCC/C=C\C=C/CCCCCCCC(=O)OC[C@H](COP(=O)(O)OC[C@@H](O)COP(=O)(O)OC[C@@H](COC(=O)CCCCCCCCC(C)C)OC(=O)CCCCCCCCCCC(C)C)OC(=O)CCCCCCC/C=C\C=C/CCCCCC. The summed E-state index contributed by atoms with van der Waals surface area (Å²) in [4.78, 5) is 72.5. The fourth-order valence-electron chi connectivity index (χ4n) is 9.69. The Morgan fingerprint density at radius 3 is 0.900 bits per heavy atom. The van der Waals surface area contributed by atoms with Crippen LogP contribution >= 0.6 is 15.6 Å². The summed E-state index contributed by atoms with van der Waals surface area (Å²) >= 11 is 0. The summed E-state index contributed by atoms with van der Waals surface area (Å²) in [6, 6.07) is 0. The van der Waals surface area contributed by atoms with Crippen molar-refractivity contribution in [1.82, 2.24) is 0 Å². The first-order chi connectivity index (χ1) is 43.4. The second-order valence-electron chi connectivity index (χ2n) is 25.2. The number of hydrogen-bond donors (Lipinski definition) is 3. The normalized spacial score (nSPS) is 14.5. The average Bonchev–Trinajstić information content (AvgIpc) is 3.67. The highest BCUT2D eigenvalue weighted by atomic mass is 31.2. The first-order valence-electron chi connectivity index (χ1n) is 35.6. The molecule has 2 unspecified atom stereocenters. The zero-order valence-electron chi connectivity index (χ0n) is 57.4. The van der Waals surface area contributed by atoms with Gasteiger partial charge in [0.2, 0.25) is 0 Å². The molecule has 0 radical (unpaired) electrons. The molecule has 0 fully saturated rings. The number of carbonyl (C=O) groups excluding carboxylic acids is 4. The molecule has 526 valence electrons. The van der Waals surface area contributed by atoms with Crippen molar-refractivity contribution in [2.75, 3.05) is 39.6 Å². The molecule has 0 aromatic carbocycles. The van der Waals surface area contributed by atoms with Gasteiger partial charge in [-0.2, -0.15) is 0 Å². The third kappa shape index (κ3) is 63.8. The number of phosphoric ester groups is 2. The van der Waals surface area contributed by atoms with Gasteiger partial charge < -0.3 is 33.8 Å². The number of phosphoric acid groups is 2. The predicted molar refractivity (Wildman–Crippen MR) is 363 cm³/mol. The monoisotopic (exact) mass is 1320 g/mol. The zero-order chi connectivity index (χ0) is 66.5. The van der Waals surface area contributed by atoms with Gasteiger partial charge in [-0.25, -0.2) is 9.13 Å². The number of esters is 4. The molecule has 3 N–H and O–H groups in total. The lowest BCUT2D eigenvalue weighted by Gasteiger charge is -2.21. The van der Waals surface area contributed by atoms with Crippen LogP contribution in [0, 0.1) is 11.8 Å². The Hall–Kier alpha value is -2.98. The smallest absolute Gasteiger partial charge is 0.462 e. The summed E-state index contributed by atoms with van der Waals surface area (Å²) in [7, 11) is -9.92. The van der Waals surface area contributed by atoms with Crippen molar-refractivity contribution in [3.63, 3.8) is 0 Å². The highest BCUT2D eigenvalue weighted by molar-refractivity contribution is 7.47. The number of ether oxygens (including phenoxy) is 4. The molecule has 0 saturated carbocycles. The van der Waals surface area contributed by atoms with Gasteiger partial charge in [-0.15, -0.1) is 0 Å². The Morgan fingerprint density at radius 1 is 0.344 bits per heavy atom. The molecule has 17 nitrogen and oxygen atoms in total. The molecule has 5 atom stereocenters. The number of hydrogen-bond acceptors (Lipinski definition) is 15. The summed E-state index contributed by atoms with van der Waals surface area (Å²) < 4.78 is 68.2. The lowest BCUT2D eigenvalue weighted by molar-refractivity contribution is -0.161. The molecule has 0 aliphatic carbocycles. The maximum Gasteiger partial charge on any atom is 0.472 e. The molecule has 0 aromatic heterocycles. The van der Waals surface area contributed by atoms with Crippen molar-refractivity contribution in [2.24, 2.45) is 11.8 Å². The average molecular weight is 1320 g/mol. The fourth-order valence-corrected chi connectivity index (χ4v) is 11.3. The van der Waals surface area contributed by atoms with Gasteiger partial charge in [0, 0.05) is 25.7 Å². The number of aliphatic hydroxyl groups excluding tert-OH is 1. The number of unbranched alkanes of at least 4 members (excludes halogenated alkanes) is 30. The predicted octanol–water partition coefficient (Wildman–Crippen LogP) is 19.5.